The third-order valence-corrected chi connectivity index (χ3v) is 7.04. The fraction of sp³-hybridized carbons (Fsp3) is 0.190. The highest BCUT2D eigenvalue weighted by Gasteiger charge is 2.30. The van der Waals surface area contributed by atoms with Gasteiger partial charge in [-0.25, -0.2) is 13.1 Å². The van der Waals surface area contributed by atoms with E-state index in [1.807, 2.05) is 44.2 Å². The van der Waals surface area contributed by atoms with Gasteiger partial charge in [0.2, 0.25) is 10.0 Å². The molecule has 4 rings (SSSR count). The van der Waals surface area contributed by atoms with Crippen molar-refractivity contribution in [3.05, 3.63) is 76.6 Å². The molecular formula is C21H20N4O4S. The zero-order valence-corrected chi connectivity index (χ0v) is 17.5. The fourth-order valence-corrected chi connectivity index (χ4v) is 4.69. The first kappa shape index (κ1) is 20.0. The molecule has 1 aliphatic heterocycles. The highest BCUT2D eigenvalue weighted by atomic mass is 32.2. The molecular weight excluding hydrogens is 404 g/mol. The average Bonchev–Trinajstić information content (AvgIpc) is 3.18. The summed E-state index contributed by atoms with van der Waals surface area (Å²) in [5, 5.41) is 6.72. The van der Waals surface area contributed by atoms with E-state index in [1.165, 1.54) is 29.6 Å². The van der Waals surface area contributed by atoms with Crippen molar-refractivity contribution in [2.24, 2.45) is 0 Å². The van der Waals surface area contributed by atoms with Crippen molar-refractivity contribution in [3.63, 3.8) is 0 Å². The van der Waals surface area contributed by atoms with Gasteiger partial charge in [-0.15, -0.1) is 0 Å². The van der Waals surface area contributed by atoms with Gasteiger partial charge in [0.1, 0.15) is 0 Å². The molecule has 0 bridgehead atoms. The van der Waals surface area contributed by atoms with Crippen LogP contribution in [0.1, 0.15) is 37.7 Å². The van der Waals surface area contributed by atoms with Gasteiger partial charge >= 0.3 is 0 Å². The van der Waals surface area contributed by atoms with E-state index >= 15 is 0 Å². The Kier molecular flexibility index (Phi) is 4.79. The van der Waals surface area contributed by atoms with Crippen LogP contribution in [0, 0.1) is 13.8 Å². The summed E-state index contributed by atoms with van der Waals surface area (Å²) in [5.41, 5.74) is 3.52. The molecule has 8 nitrogen and oxygen atoms in total. The second-order valence-corrected chi connectivity index (χ2v) is 9.19. The predicted octanol–water partition coefficient (Wildman–Crippen LogP) is 2.19. The first-order chi connectivity index (χ1) is 14.2. The number of nitrogens with zero attached hydrogens (tertiary/aromatic N) is 3. The third kappa shape index (κ3) is 3.21. The van der Waals surface area contributed by atoms with Crippen molar-refractivity contribution >= 4 is 21.8 Å². The number of fused-ring (bicyclic) bond motifs is 1. The van der Waals surface area contributed by atoms with E-state index < -0.39 is 21.8 Å². The van der Waals surface area contributed by atoms with Crippen LogP contribution in [0.2, 0.25) is 0 Å². The fourth-order valence-electron chi connectivity index (χ4n) is 3.52. The lowest BCUT2D eigenvalue weighted by atomic mass is 10.1. The predicted molar refractivity (Wildman–Crippen MR) is 110 cm³/mol. The molecule has 30 heavy (non-hydrogen) atoms. The van der Waals surface area contributed by atoms with Crippen molar-refractivity contribution in [2.45, 2.75) is 25.3 Å². The van der Waals surface area contributed by atoms with E-state index in [0.29, 0.717) is 0 Å². The van der Waals surface area contributed by atoms with E-state index in [2.05, 4.69) is 10.4 Å². The van der Waals surface area contributed by atoms with E-state index in [-0.39, 0.29) is 22.6 Å². The summed E-state index contributed by atoms with van der Waals surface area (Å²) < 4.78 is 29.2. The standard InChI is InChI=1S/C21H20N4O4S/c1-13-19(14(2)25(23-13)15-7-5-4-6-8-15)12-24(3)30(28,29)16-9-10-17-18(11-16)21(27)22-20(17)26/h4-11H,12H2,1-3H3,(H,22,26,27). The van der Waals surface area contributed by atoms with Crippen LogP contribution in [0.25, 0.3) is 5.69 Å². The molecule has 2 heterocycles. The van der Waals surface area contributed by atoms with Crippen molar-refractivity contribution in [1.29, 1.82) is 0 Å². The lowest BCUT2D eigenvalue weighted by molar-refractivity contribution is 0.0879. The normalized spacial score (nSPS) is 13.6. The Labute approximate surface area is 174 Å². The first-order valence-corrected chi connectivity index (χ1v) is 10.7. The van der Waals surface area contributed by atoms with Gasteiger partial charge < -0.3 is 0 Å². The molecule has 3 aromatic rings. The van der Waals surface area contributed by atoms with E-state index in [4.69, 9.17) is 0 Å². The number of carbonyl (C=O) groups excluding carboxylic acids is 2. The third-order valence-electron chi connectivity index (χ3n) is 5.24. The van der Waals surface area contributed by atoms with Gasteiger partial charge in [-0.2, -0.15) is 9.40 Å². The number of rotatable bonds is 5. The maximum atomic E-state index is 13.1. The highest BCUT2D eigenvalue weighted by Crippen LogP contribution is 2.25. The zero-order valence-electron chi connectivity index (χ0n) is 16.7. The summed E-state index contributed by atoms with van der Waals surface area (Å²) in [4.78, 5) is 23.6. The van der Waals surface area contributed by atoms with Crippen LogP contribution in [0.4, 0.5) is 0 Å². The van der Waals surface area contributed by atoms with Crippen molar-refractivity contribution in [1.82, 2.24) is 19.4 Å². The van der Waals surface area contributed by atoms with Crippen molar-refractivity contribution < 1.29 is 18.0 Å². The van der Waals surface area contributed by atoms with E-state index in [1.54, 1.807) is 4.68 Å². The summed E-state index contributed by atoms with van der Waals surface area (Å²) in [6.07, 6.45) is 0. The van der Waals surface area contributed by atoms with Gasteiger partial charge in [0, 0.05) is 24.8 Å². The molecule has 0 aliphatic carbocycles. The largest absolute Gasteiger partial charge is 0.288 e. The summed E-state index contributed by atoms with van der Waals surface area (Å²) in [6, 6.07) is 13.6. The average molecular weight is 424 g/mol. The highest BCUT2D eigenvalue weighted by molar-refractivity contribution is 7.89. The Morgan fingerprint density at radius 3 is 2.37 bits per heavy atom. The number of nitrogens with one attached hydrogen (secondary N) is 1. The molecule has 2 aromatic carbocycles. The van der Waals surface area contributed by atoms with E-state index in [9.17, 15) is 18.0 Å². The minimum absolute atomic E-state index is 0.0423. The van der Waals surface area contributed by atoms with Gasteiger partial charge in [-0.1, -0.05) is 18.2 Å². The quantitative estimate of drug-likeness (QED) is 0.633. The van der Waals surface area contributed by atoms with Crippen molar-refractivity contribution in [3.8, 4) is 5.69 Å². The van der Waals surface area contributed by atoms with Gasteiger partial charge in [0.15, 0.2) is 0 Å². The molecule has 2 amide bonds. The van der Waals surface area contributed by atoms with Crippen LogP contribution < -0.4 is 5.32 Å². The first-order valence-electron chi connectivity index (χ1n) is 9.26. The molecule has 0 atom stereocenters. The number of aromatic nitrogens is 2. The smallest absolute Gasteiger partial charge is 0.258 e. The minimum Gasteiger partial charge on any atom is -0.288 e. The number of sulfonamides is 1. The number of carbonyl (C=O) groups is 2. The number of hydrogen-bond donors (Lipinski definition) is 1. The summed E-state index contributed by atoms with van der Waals surface area (Å²) >= 11 is 0. The number of benzene rings is 2. The molecule has 9 heteroatoms. The van der Waals surface area contributed by atoms with Crippen LogP contribution in [0.5, 0.6) is 0 Å². The molecule has 0 unspecified atom stereocenters. The number of para-hydroxylation sites is 1. The molecule has 0 saturated carbocycles. The summed E-state index contributed by atoms with van der Waals surface area (Å²) in [5.74, 6) is -1.11. The van der Waals surface area contributed by atoms with E-state index in [0.717, 1.165) is 22.6 Å². The summed E-state index contributed by atoms with van der Waals surface area (Å²) in [6.45, 7) is 3.86. The van der Waals surface area contributed by atoms with Gasteiger partial charge in [-0.3, -0.25) is 14.9 Å². The Balaban J connectivity index is 1.65. The van der Waals surface area contributed by atoms with Gasteiger partial charge in [0.05, 0.1) is 27.4 Å². The lowest BCUT2D eigenvalue weighted by Crippen LogP contribution is -2.27. The number of amides is 2. The maximum absolute atomic E-state index is 13.1. The van der Waals surface area contributed by atoms with Crippen LogP contribution >= 0.6 is 0 Å². The Bertz CT molecular complexity index is 1280. The van der Waals surface area contributed by atoms with Crippen LogP contribution in [0.3, 0.4) is 0 Å². The molecule has 154 valence electrons. The molecule has 0 radical (unpaired) electrons. The van der Waals surface area contributed by atoms with Gasteiger partial charge in [-0.05, 0) is 44.2 Å². The monoisotopic (exact) mass is 424 g/mol. The Morgan fingerprint density at radius 2 is 1.67 bits per heavy atom. The zero-order chi connectivity index (χ0) is 21.6. The summed E-state index contributed by atoms with van der Waals surface area (Å²) in [7, 11) is -2.40. The number of hydrogen-bond acceptors (Lipinski definition) is 5. The Morgan fingerprint density at radius 1 is 1.00 bits per heavy atom. The molecule has 1 aromatic heterocycles. The van der Waals surface area contributed by atoms with Crippen LogP contribution in [-0.4, -0.2) is 41.4 Å². The second kappa shape index (κ2) is 7.19. The number of aryl methyl sites for hydroxylation is 1. The second-order valence-electron chi connectivity index (χ2n) is 7.15. The SMILES string of the molecule is Cc1nn(-c2ccccc2)c(C)c1CN(C)S(=O)(=O)c1ccc2c(c1)C(=O)NC2=O. The maximum Gasteiger partial charge on any atom is 0.258 e. The number of imide groups is 1. The molecule has 0 fully saturated rings. The molecule has 0 saturated heterocycles. The topological polar surface area (TPSA) is 101 Å². The van der Waals surface area contributed by atoms with Gasteiger partial charge in [0.25, 0.3) is 11.8 Å². The Hall–Kier alpha value is -3.30. The van der Waals surface area contributed by atoms with Crippen LogP contribution in [-0.2, 0) is 16.6 Å². The van der Waals surface area contributed by atoms with Crippen molar-refractivity contribution in [2.75, 3.05) is 7.05 Å². The minimum atomic E-state index is -3.88. The molecule has 1 N–H and O–H groups in total. The molecule has 1 aliphatic rings. The molecule has 0 spiro atoms. The lowest BCUT2D eigenvalue weighted by Gasteiger charge is -2.18. The van der Waals surface area contributed by atoms with Crippen LogP contribution in [0.15, 0.2) is 53.4 Å².